The lowest BCUT2D eigenvalue weighted by atomic mass is 10.0. The number of amides is 8. The van der Waals surface area contributed by atoms with Gasteiger partial charge in [-0.15, -0.1) is 0 Å². The zero-order valence-electron chi connectivity index (χ0n) is 32.9. The van der Waals surface area contributed by atoms with Gasteiger partial charge in [-0.2, -0.15) is 12.6 Å². The van der Waals surface area contributed by atoms with Crippen molar-refractivity contribution in [3.63, 3.8) is 0 Å². The Labute approximate surface area is 348 Å². The van der Waals surface area contributed by atoms with E-state index in [1.165, 1.54) is 12.5 Å². The second kappa shape index (κ2) is 27.2. The smallest absolute Gasteiger partial charge is 0.322 e. The van der Waals surface area contributed by atoms with Gasteiger partial charge in [0.1, 0.15) is 30.7 Å². The molecule has 0 radical (unpaired) electrons. The summed E-state index contributed by atoms with van der Waals surface area (Å²) in [5.41, 5.74) is 16.7. The predicted molar refractivity (Wildman–Crippen MR) is 213 cm³/mol. The molecule has 0 fully saturated rings. The van der Waals surface area contributed by atoms with Gasteiger partial charge in [0.2, 0.25) is 47.3 Å². The van der Waals surface area contributed by atoms with Gasteiger partial charge in [-0.05, 0) is 25.2 Å². The minimum absolute atomic E-state index is 0.00701. The summed E-state index contributed by atoms with van der Waals surface area (Å²) in [5, 5.41) is 36.9. The number of carbonyl (C=O) groups excluding carboxylic acids is 8. The van der Waals surface area contributed by atoms with Gasteiger partial charge < -0.3 is 74.9 Å². The molecule has 1 aromatic rings. The first-order valence-electron chi connectivity index (χ1n) is 18.3. The number of nitrogens with zero attached hydrogens (tertiary/aromatic N) is 2. The molecule has 0 aliphatic carbocycles. The molecule has 0 saturated carbocycles. The number of hydrogen-bond acceptors (Lipinski definition) is 14. The second-order valence-corrected chi connectivity index (χ2v) is 13.8. The summed E-state index contributed by atoms with van der Waals surface area (Å²) in [4.78, 5) is 135. The molecule has 1 rings (SSSR count). The number of nitrogens with two attached hydrogens (primary N) is 3. The number of imidazole rings is 1. The summed E-state index contributed by atoms with van der Waals surface area (Å²) in [6.45, 7) is 0.852. The Morgan fingerprint density at radius 1 is 0.717 bits per heavy atom. The fourth-order valence-corrected chi connectivity index (χ4v) is 5.06. The topological polar surface area (TPSA) is 426 Å². The van der Waals surface area contributed by atoms with Gasteiger partial charge in [0.25, 0.3) is 0 Å². The first-order valence-corrected chi connectivity index (χ1v) is 19.0. The highest BCUT2D eigenvalue weighted by Gasteiger charge is 2.33. The van der Waals surface area contributed by atoms with E-state index in [-0.39, 0.29) is 49.9 Å². The molecular formula is C33H54N14O12S. The molecule has 0 aromatic carbocycles. The number of hydrogen-bond donors (Lipinski definition) is 15. The van der Waals surface area contributed by atoms with Gasteiger partial charge in [0, 0.05) is 30.6 Å². The van der Waals surface area contributed by atoms with Gasteiger partial charge >= 0.3 is 11.9 Å². The minimum atomic E-state index is -1.78. The SMILES string of the molecule is CC(C)CC(NC(=O)C(CCCN=C(N)N)NC(=O)C(CC(=O)O)NC(=O)CNC(=O)CNC(=O)CNC(=O)C(N)CS)C(=O)NC(Cc1cnc[nH]1)C(=O)NCC(=O)O. The van der Waals surface area contributed by atoms with E-state index < -0.39 is 122 Å². The molecule has 334 valence electrons. The number of aromatic nitrogens is 2. The molecule has 26 nitrogen and oxygen atoms in total. The van der Waals surface area contributed by atoms with Crippen molar-refractivity contribution in [3.05, 3.63) is 18.2 Å². The number of aliphatic carboxylic acids is 2. The van der Waals surface area contributed by atoms with Crippen LogP contribution in [0, 0.1) is 5.92 Å². The Kier molecular flexibility index (Phi) is 23.4. The van der Waals surface area contributed by atoms with Crippen LogP contribution in [0.4, 0.5) is 0 Å². The van der Waals surface area contributed by atoms with Crippen LogP contribution in [0.2, 0.25) is 0 Å². The van der Waals surface area contributed by atoms with E-state index in [1.807, 2.05) is 0 Å². The number of carboxylic acid groups (broad SMARTS) is 2. The molecule has 0 bridgehead atoms. The Morgan fingerprint density at radius 2 is 1.27 bits per heavy atom. The molecule has 60 heavy (non-hydrogen) atoms. The van der Waals surface area contributed by atoms with Gasteiger partial charge in [-0.25, -0.2) is 4.98 Å². The summed E-state index contributed by atoms with van der Waals surface area (Å²) in [6.07, 6.45) is 1.57. The standard InChI is InChI=1S/C33H54N14O12S/c1-16(2)6-20(31(58)47-21(7-17-9-37-15-43-17)29(56)42-13-27(53)54)46-30(57)19(4-3-5-38-33(35)36)45-32(59)22(8-26(51)52)44-25(50)12-40-23(48)10-39-24(49)11-41-28(55)18(34)14-60/h9,15-16,18-22,60H,3-8,10-14,34H2,1-2H3,(H,37,43)(H,39,49)(H,40,48)(H,41,55)(H,42,56)(H,44,50)(H,45,59)(H,46,57)(H,47,58)(H,51,52)(H,53,54)(H4,35,36,38). The summed E-state index contributed by atoms with van der Waals surface area (Å²) in [7, 11) is 0. The van der Waals surface area contributed by atoms with E-state index in [1.54, 1.807) is 13.8 Å². The Balaban J connectivity index is 3.12. The van der Waals surface area contributed by atoms with Crippen LogP contribution in [0.5, 0.6) is 0 Å². The number of thiol groups is 1. The molecule has 0 saturated heterocycles. The number of guanidine groups is 1. The van der Waals surface area contributed by atoms with Gasteiger partial charge in [0.15, 0.2) is 5.96 Å². The van der Waals surface area contributed by atoms with Crippen molar-refractivity contribution in [2.45, 2.75) is 76.2 Å². The van der Waals surface area contributed by atoms with Gasteiger partial charge in [-0.1, -0.05) is 13.8 Å². The summed E-state index contributed by atoms with van der Waals surface area (Å²) in [6, 6.07) is -6.84. The average molecular weight is 871 g/mol. The largest absolute Gasteiger partial charge is 0.481 e. The van der Waals surface area contributed by atoms with Crippen LogP contribution in [-0.4, -0.2) is 154 Å². The molecule has 1 heterocycles. The second-order valence-electron chi connectivity index (χ2n) is 13.4. The van der Waals surface area contributed by atoms with Crippen LogP contribution in [0.1, 0.15) is 45.2 Å². The molecule has 5 atom stereocenters. The molecule has 1 aromatic heterocycles. The zero-order chi connectivity index (χ0) is 45.4. The predicted octanol–water partition coefficient (Wildman–Crippen LogP) is -6.73. The number of carboxylic acids is 2. The maximum Gasteiger partial charge on any atom is 0.322 e. The monoisotopic (exact) mass is 870 g/mol. The van der Waals surface area contributed by atoms with E-state index >= 15 is 0 Å². The van der Waals surface area contributed by atoms with Crippen LogP contribution < -0.4 is 59.7 Å². The number of nitrogens with one attached hydrogen (secondary N) is 9. The van der Waals surface area contributed by atoms with Crippen molar-refractivity contribution < 1.29 is 58.2 Å². The van der Waals surface area contributed by atoms with Gasteiger partial charge in [-0.3, -0.25) is 52.9 Å². The third-order valence-electron chi connectivity index (χ3n) is 7.82. The number of aromatic amines is 1. The first-order chi connectivity index (χ1) is 28.2. The highest BCUT2D eigenvalue weighted by molar-refractivity contribution is 7.80. The molecule has 5 unspecified atom stereocenters. The lowest BCUT2D eigenvalue weighted by Gasteiger charge is -2.27. The molecule has 8 amide bonds. The van der Waals surface area contributed by atoms with Crippen LogP contribution in [0.15, 0.2) is 17.5 Å². The van der Waals surface area contributed by atoms with Crippen molar-refractivity contribution in [1.82, 2.24) is 52.5 Å². The summed E-state index contributed by atoms with van der Waals surface area (Å²) >= 11 is 3.87. The third kappa shape index (κ3) is 21.9. The number of H-pyrrole nitrogens is 1. The van der Waals surface area contributed by atoms with Crippen molar-refractivity contribution in [3.8, 4) is 0 Å². The van der Waals surface area contributed by atoms with E-state index in [9.17, 15) is 53.1 Å². The van der Waals surface area contributed by atoms with E-state index in [4.69, 9.17) is 22.3 Å². The highest BCUT2D eigenvalue weighted by atomic mass is 32.1. The fourth-order valence-electron chi connectivity index (χ4n) is 4.90. The first kappa shape index (κ1) is 51.5. The molecule has 17 N–H and O–H groups in total. The molecular weight excluding hydrogens is 817 g/mol. The van der Waals surface area contributed by atoms with Crippen LogP contribution in [0.25, 0.3) is 0 Å². The van der Waals surface area contributed by atoms with E-state index in [2.05, 4.69) is 70.1 Å². The Bertz CT molecular complexity index is 1690. The highest BCUT2D eigenvalue weighted by Crippen LogP contribution is 2.09. The fraction of sp³-hybridized carbons (Fsp3) is 0.576. The van der Waals surface area contributed by atoms with E-state index in [0.717, 1.165) is 0 Å². The number of carbonyl (C=O) groups is 10. The van der Waals surface area contributed by atoms with Crippen molar-refractivity contribution in [2.24, 2.45) is 28.1 Å². The van der Waals surface area contributed by atoms with Crippen molar-refractivity contribution in [1.29, 1.82) is 0 Å². The average Bonchev–Trinajstić information content (AvgIpc) is 3.69. The summed E-state index contributed by atoms with van der Waals surface area (Å²) < 4.78 is 0. The third-order valence-corrected chi connectivity index (χ3v) is 8.22. The van der Waals surface area contributed by atoms with Crippen molar-refractivity contribution >= 4 is 77.8 Å². The lowest BCUT2D eigenvalue weighted by Crippen LogP contribution is -2.59. The number of aliphatic imine (C=N–C) groups is 1. The Morgan fingerprint density at radius 3 is 1.82 bits per heavy atom. The molecule has 0 spiro atoms. The maximum atomic E-state index is 13.8. The van der Waals surface area contributed by atoms with Crippen molar-refractivity contribution in [2.75, 3.05) is 38.5 Å². The van der Waals surface area contributed by atoms with Crippen LogP contribution in [-0.2, 0) is 54.4 Å². The number of rotatable bonds is 28. The molecule has 0 aliphatic heterocycles. The van der Waals surface area contributed by atoms with E-state index in [0.29, 0.717) is 5.69 Å². The maximum absolute atomic E-state index is 13.8. The van der Waals surface area contributed by atoms with Crippen LogP contribution in [0.3, 0.4) is 0 Å². The normalized spacial score (nSPS) is 13.2. The quantitative estimate of drug-likeness (QED) is 0.0161. The Hall–Kier alpha value is -6.51. The zero-order valence-corrected chi connectivity index (χ0v) is 33.8. The molecule has 0 aliphatic rings. The summed E-state index contributed by atoms with van der Waals surface area (Å²) in [5.74, 6) is -10.3. The lowest BCUT2D eigenvalue weighted by molar-refractivity contribution is -0.141. The molecule has 27 heteroatoms. The van der Waals surface area contributed by atoms with Gasteiger partial charge in [0.05, 0.1) is 38.4 Å². The minimum Gasteiger partial charge on any atom is -0.481 e. The van der Waals surface area contributed by atoms with Crippen LogP contribution >= 0.6 is 12.6 Å².